The minimum atomic E-state index is -0.0892. The third kappa shape index (κ3) is 3.28. The molecular weight excluding hydrogens is 314 g/mol. The summed E-state index contributed by atoms with van der Waals surface area (Å²) in [5, 5.41) is 3.01. The van der Waals surface area contributed by atoms with E-state index in [1.807, 2.05) is 49.4 Å². The van der Waals surface area contributed by atoms with Gasteiger partial charge in [0.05, 0.1) is 5.56 Å². The number of amides is 1. The van der Waals surface area contributed by atoms with Gasteiger partial charge < -0.3 is 5.32 Å². The highest BCUT2D eigenvalue weighted by Crippen LogP contribution is 2.25. The molecule has 0 fully saturated rings. The van der Waals surface area contributed by atoms with Crippen LogP contribution < -0.4 is 5.32 Å². The summed E-state index contributed by atoms with van der Waals surface area (Å²) in [4.78, 5) is 12.4. The molecule has 0 heterocycles. The number of rotatable bonds is 3. The Morgan fingerprint density at radius 2 is 1.85 bits per heavy atom. The average molecular weight is 332 g/mol. The van der Waals surface area contributed by atoms with E-state index in [9.17, 15) is 4.79 Å². The molecule has 0 saturated heterocycles. The molecule has 0 unspecified atom stereocenters. The van der Waals surface area contributed by atoms with E-state index in [2.05, 4.69) is 35.1 Å². The van der Waals surface area contributed by atoms with Crippen LogP contribution in [0.3, 0.4) is 0 Å². The van der Waals surface area contributed by atoms with Gasteiger partial charge in [0.15, 0.2) is 0 Å². The zero-order valence-electron chi connectivity index (χ0n) is 11.9. The third-order valence-corrected chi connectivity index (χ3v) is 3.89. The predicted molar refractivity (Wildman–Crippen MR) is 87.4 cm³/mol. The predicted octanol–water partition coefficient (Wildman–Crippen LogP) is 5.13. The van der Waals surface area contributed by atoms with Crippen LogP contribution in [0.5, 0.6) is 0 Å². The van der Waals surface area contributed by atoms with Gasteiger partial charge in [-0.25, -0.2) is 0 Å². The number of para-hydroxylation sites is 1. The summed E-state index contributed by atoms with van der Waals surface area (Å²) in [7, 11) is 0. The molecule has 2 aromatic carbocycles. The van der Waals surface area contributed by atoms with Gasteiger partial charge in [0.2, 0.25) is 0 Å². The van der Waals surface area contributed by atoms with Crippen molar-refractivity contribution in [3.8, 4) is 0 Å². The summed E-state index contributed by atoms with van der Waals surface area (Å²) in [5.41, 5.74) is 3.74. The molecule has 2 aromatic rings. The molecule has 0 aliphatic carbocycles. The van der Waals surface area contributed by atoms with Crippen LogP contribution in [0.4, 0.5) is 5.69 Å². The van der Waals surface area contributed by atoms with Gasteiger partial charge in [-0.05, 0) is 52.5 Å². The first kappa shape index (κ1) is 14.8. The van der Waals surface area contributed by atoms with Crippen LogP contribution in [0.2, 0.25) is 0 Å². The van der Waals surface area contributed by atoms with Gasteiger partial charge in [0.1, 0.15) is 0 Å². The van der Waals surface area contributed by atoms with Crippen LogP contribution in [-0.4, -0.2) is 5.91 Å². The molecule has 0 saturated carbocycles. The van der Waals surface area contributed by atoms with E-state index in [0.29, 0.717) is 11.5 Å². The molecular formula is C17H18BrNO. The molecule has 0 atom stereocenters. The first-order valence-corrected chi connectivity index (χ1v) is 7.44. The number of aryl methyl sites for hydroxylation is 1. The quantitative estimate of drug-likeness (QED) is 0.829. The van der Waals surface area contributed by atoms with Crippen LogP contribution >= 0.6 is 15.9 Å². The van der Waals surface area contributed by atoms with Crippen LogP contribution in [0.15, 0.2) is 46.9 Å². The normalized spacial score (nSPS) is 10.7. The van der Waals surface area contributed by atoms with Crippen LogP contribution in [0, 0.1) is 6.92 Å². The largest absolute Gasteiger partial charge is 0.322 e. The Hall–Kier alpha value is -1.61. The first-order valence-electron chi connectivity index (χ1n) is 6.65. The lowest BCUT2D eigenvalue weighted by atomic mass is 10.0. The molecule has 2 nitrogen and oxygen atoms in total. The summed E-state index contributed by atoms with van der Waals surface area (Å²) in [6.07, 6.45) is 0. The Labute approximate surface area is 128 Å². The van der Waals surface area contributed by atoms with Crippen molar-refractivity contribution in [1.82, 2.24) is 0 Å². The summed E-state index contributed by atoms with van der Waals surface area (Å²) < 4.78 is 0.808. The number of hydrogen-bond acceptors (Lipinski definition) is 1. The molecule has 0 bridgehead atoms. The first-order chi connectivity index (χ1) is 9.49. The lowest BCUT2D eigenvalue weighted by molar-refractivity contribution is 0.102. The Balaban J connectivity index is 2.31. The summed E-state index contributed by atoms with van der Waals surface area (Å²) in [6, 6.07) is 13.7. The molecule has 1 N–H and O–H groups in total. The van der Waals surface area contributed by atoms with Gasteiger partial charge in [0.25, 0.3) is 5.91 Å². The molecule has 0 aliphatic rings. The molecule has 20 heavy (non-hydrogen) atoms. The van der Waals surface area contributed by atoms with Crippen LogP contribution in [-0.2, 0) is 0 Å². The van der Waals surface area contributed by atoms with Crippen molar-refractivity contribution < 1.29 is 4.79 Å². The number of hydrogen-bond donors (Lipinski definition) is 1. The molecule has 3 heteroatoms. The minimum absolute atomic E-state index is 0.0892. The van der Waals surface area contributed by atoms with E-state index >= 15 is 0 Å². The minimum Gasteiger partial charge on any atom is -0.322 e. The summed E-state index contributed by atoms with van der Waals surface area (Å²) in [5.74, 6) is 0.279. The fourth-order valence-corrected chi connectivity index (χ4v) is 2.54. The lowest BCUT2D eigenvalue weighted by Gasteiger charge is -2.14. The van der Waals surface area contributed by atoms with Crippen molar-refractivity contribution in [3.63, 3.8) is 0 Å². The number of anilines is 1. The molecule has 0 radical (unpaired) electrons. The molecule has 2 rings (SSSR count). The number of carbonyl (C=O) groups excluding carboxylic acids is 1. The van der Waals surface area contributed by atoms with Crippen LogP contribution in [0.1, 0.15) is 41.3 Å². The second-order valence-electron chi connectivity index (χ2n) is 5.18. The molecule has 0 aromatic heterocycles. The standard InChI is InChI=1S/C17H18BrNO/c1-11(2)13-6-4-5-7-16(13)19-17(20)14-10-12(3)8-9-15(14)18/h4-11H,1-3H3,(H,19,20). The van der Waals surface area contributed by atoms with E-state index in [1.54, 1.807) is 0 Å². The van der Waals surface area contributed by atoms with Crippen LogP contribution in [0.25, 0.3) is 0 Å². The molecule has 104 valence electrons. The number of halogens is 1. The van der Waals surface area contributed by atoms with Crippen molar-refractivity contribution in [2.75, 3.05) is 5.32 Å². The maximum absolute atomic E-state index is 12.4. The summed E-state index contributed by atoms with van der Waals surface area (Å²) in [6.45, 7) is 6.21. The fourth-order valence-electron chi connectivity index (χ4n) is 2.12. The molecule has 0 aliphatic heterocycles. The van der Waals surface area contributed by atoms with E-state index in [0.717, 1.165) is 21.3 Å². The highest BCUT2D eigenvalue weighted by Gasteiger charge is 2.13. The van der Waals surface area contributed by atoms with Gasteiger partial charge in [-0.1, -0.05) is 43.7 Å². The second-order valence-corrected chi connectivity index (χ2v) is 6.03. The smallest absolute Gasteiger partial charge is 0.256 e. The highest BCUT2D eigenvalue weighted by atomic mass is 79.9. The van der Waals surface area contributed by atoms with Gasteiger partial charge in [-0.15, -0.1) is 0 Å². The van der Waals surface area contributed by atoms with Gasteiger partial charge in [-0.2, -0.15) is 0 Å². The van der Waals surface area contributed by atoms with E-state index in [4.69, 9.17) is 0 Å². The monoisotopic (exact) mass is 331 g/mol. The zero-order valence-corrected chi connectivity index (χ0v) is 13.5. The van der Waals surface area contributed by atoms with Crippen molar-refractivity contribution >= 4 is 27.5 Å². The topological polar surface area (TPSA) is 29.1 Å². The fraction of sp³-hybridized carbons (Fsp3) is 0.235. The Kier molecular flexibility index (Phi) is 4.61. The van der Waals surface area contributed by atoms with Crippen molar-refractivity contribution in [1.29, 1.82) is 0 Å². The number of nitrogens with one attached hydrogen (secondary N) is 1. The molecule has 1 amide bonds. The van der Waals surface area contributed by atoms with E-state index < -0.39 is 0 Å². The van der Waals surface area contributed by atoms with E-state index in [-0.39, 0.29) is 5.91 Å². The Morgan fingerprint density at radius 1 is 1.15 bits per heavy atom. The number of carbonyl (C=O) groups is 1. The van der Waals surface area contributed by atoms with Crippen molar-refractivity contribution in [2.45, 2.75) is 26.7 Å². The number of benzene rings is 2. The van der Waals surface area contributed by atoms with Gasteiger partial charge in [0, 0.05) is 10.2 Å². The average Bonchev–Trinajstić information content (AvgIpc) is 2.41. The van der Waals surface area contributed by atoms with Crippen molar-refractivity contribution in [2.24, 2.45) is 0 Å². The van der Waals surface area contributed by atoms with Crippen molar-refractivity contribution in [3.05, 3.63) is 63.6 Å². The zero-order chi connectivity index (χ0) is 14.7. The van der Waals surface area contributed by atoms with Gasteiger partial charge >= 0.3 is 0 Å². The highest BCUT2D eigenvalue weighted by molar-refractivity contribution is 9.10. The third-order valence-electron chi connectivity index (χ3n) is 3.20. The SMILES string of the molecule is Cc1ccc(Br)c(C(=O)Nc2ccccc2C(C)C)c1. The maximum Gasteiger partial charge on any atom is 0.256 e. The Bertz CT molecular complexity index is 635. The van der Waals surface area contributed by atoms with E-state index in [1.165, 1.54) is 0 Å². The lowest BCUT2D eigenvalue weighted by Crippen LogP contribution is -2.14. The van der Waals surface area contributed by atoms with Gasteiger partial charge in [-0.3, -0.25) is 4.79 Å². The Morgan fingerprint density at radius 3 is 2.55 bits per heavy atom. The maximum atomic E-state index is 12.4. The molecule has 0 spiro atoms. The second kappa shape index (κ2) is 6.23. The summed E-state index contributed by atoms with van der Waals surface area (Å²) >= 11 is 3.43.